The monoisotopic (exact) mass is 281 g/mol. The highest BCUT2D eigenvalue weighted by Crippen LogP contribution is 2.11. The average Bonchev–Trinajstić information content (AvgIpc) is 2.58. The van der Waals surface area contributed by atoms with Crippen LogP contribution in [0.2, 0.25) is 0 Å². The molecule has 0 saturated carbocycles. The highest BCUT2D eigenvalue weighted by Gasteiger charge is 2.24. The van der Waals surface area contributed by atoms with Gasteiger partial charge in [0.15, 0.2) is 0 Å². The van der Waals surface area contributed by atoms with E-state index in [0.29, 0.717) is 6.54 Å². The van der Waals surface area contributed by atoms with Crippen LogP contribution in [-0.2, 0) is 16.1 Å². The van der Waals surface area contributed by atoms with Crippen molar-refractivity contribution >= 4 is 33.7 Å². The number of hydrogen-bond acceptors (Lipinski definition) is 3. The molecule has 16 heavy (non-hydrogen) atoms. The fraction of sp³-hybridized carbons (Fsp3) is 0.100. The molecule has 2 rings (SSSR count). The van der Waals surface area contributed by atoms with Gasteiger partial charge in [0.05, 0.1) is 6.54 Å². The third kappa shape index (κ3) is 2.46. The highest BCUT2D eigenvalue weighted by molar-refractivity contribution is 9.10. The molecule has 5 nitrogen and oxygen atoms in total. The molecular formula is C10H8BrN3O2. The van der Waals surface area contributed by atoms with Gasteiger partial charge in [-0.1, -0.05) is 28.1 Å². The maximum Gasteiger partial charge on any atom is 0.316 e. The predicted octanol–water partition coefficient (Wildman–Crippen LogP) is 0.551. The second-order valence-corrected chi connectivity index (χ2v) is 4.12. The van der Waals surface area contributed by atoms with Gasteiger partial charge in [0.1, 0.15) is 0 Å². The van der Waals surface area contributed by atoms with Crippen molar-refractivity contribution in [3.05, 3.63) is 34.3 Å². The van der Waals surface area contributed by atoms with Crippen molar-refractivity contribution in [3.8, 4) is 0 Å². The molecule has 0 unspecified atom stereocenters. The normalized spacial score (nSPS) is 14.7. The maximum atomic E-state index is 10.8. The molecule has 0 radical (unpaired) electrons. The molecule has 1 aromatic carbocycles. The van der Waals surface area contributed by atoms with Gasteiger partial charge in [0.25, 0.3) is 0 Å². The summed E-state index contributed by atoms with van der Waals surface area (Å²) in [7, 11) is 0. The van der Waals surface area contributed by atoms with E-state index in [4.69, 9.17) is 0 Å². The van der Waals surface area contributed by atoms with E-state index < -0.39 is 11.8 Å². The van der Waals surface area contributed by atoms with Gasteiger partial charge in [-0.3, -0.25) is 20.2 Å². The van der Waals surface area contributed by atoms with Crippen LogP contribution in [-0.4, -0.2) is 17.8 Å². The number of nitrogens with zero attached hydrogens (tertiary/aromatic N) is 1. The molecule has 2 amide bonds. The highest BCUT2D eigenvalue weighted by atomic mass is 79.9. The zero-order chi connectivity index (χ0) is 11.5. The van der Waals surface area contributed by atoms with E-state index >= 15 is 0 Å². The summed E-state index contributed by atoms with van der Waals surface area (Å²) in [5.74, 6) is -1.14. The molecule has 1 fully saturated rings. The lowest BCUT2D eigenvalue weighted by Crippen LogP contribution is -2.25. The maximum absolute atomic E-state index is 10.8. The summed E-state index contributed by atoms with van der Waals surface area (Å²) in [5, 5.41) is 4.65. The molecule has 1 aromatic rings. The first kappa shape index (κ1) is 10.8. The molecule has 0 aromatic heterocycles. The zero-order valence-corrected chi connectivity index (χ0v) is 9.74. The third-order valence-electron chi connectivity index (χ3n) is 2.00. The molecule has 0 spiro atoms. The van der Waals surface area contributed by atoms with Crippen LogP contribution in [0, 0.1) is 0 Å². The van der Waals surface area contributed by atoms with Crippen LogP contribution in [0.5, 0.6) is 0 Å². The van der Waals surface area contributed by atoms with Gasteiger partial charge in [0, 0.05) is 4.47 Å². The number of rotatable bonds is 2. The molecular weight excluding hydrogens is 274 g/mol. The first-order chi connectivity index (χ1) is 7.65. The standard InChI is InChI=1S/C10H8BrN3O2/c11-7-3-1-6(2-4-7)5-12-10-13-8(15)9(16)14-10/h1-4H,5H2,(H2,12,13,14,15,16). The summed E-state index contributed by atoms with van der Waals surface area (Å²) in [5.41, 5.74) is 0.992. The van der Waals surface area contributed by atoms with Crippen molar-refractivity contribution in [2.75, 3.05) is 0 Å². The fourth-order valence-corrected chi connectivity index (χ4v) is 1.46. The van der Waals surface area contributed by atoms with E-state index in [2.05, 4.69) is 31.6 Å². The lowest BCUT2D eigenvalue weighted by atomic mass is 10.2. The fourth-order valence-electron chi connectivity index (χ4n) is 1.20. The summed E-state index contributed by atoms with van der Waals surface area (Å²) < 4.78 is 0.992. The Labute approximate surface area is 100 Å². The number of amides is 2. The summed E-state index contributed by atoms with van der Waals surface area (Å²) in [6.07, 6.45) is 0. The lowest BCUT2D eigenvalue weighted by Gasteiger charge is -1.98. The average molecular weight is 282 g/mol. The van der Waals surface area contributed by atoms with Crippen LogP contribution < -0.4 is 10.6 Å². The van der Waals surface area contributed by atoms with Crippen LogP contribution >= 0.6 is 15.9 Å². The minimum atomic E-state index is -0.672. The van der Waals surface area contributed by atoms with Gasteiger partial charge in [-0.05, 0) is 17.7 Å². The van der Waals surface area contributed by atoms with Gasteiger partial charge in [-0.15, -0.1) is 0 Å². The van der Waals surface area contributed by atoms with Crippen molar-refractivity contribution < 1.29 is 9.59 Å². The van der Waals surface area contributed by atoms with Gasteiger partial charge in [-0.25, -0.2) is 4.99 Å². The summed E-state index contributed by atoms with van der Waals surface area (Å²) >= 11 is 3.33. The van der Waals surface area contributed by atoms with Gasteiger partial charge >= 0.3 is 11.8 Å². The minimum absolute atomic E-state index is 0.206. The molecule has 1 aliphatic rings. The Hall–Kier alpha value is -1.69. The van der Waals surface area contributed by atoms with Crippen molar-refractivity contribution in [1.82, 2.24) is 10.6 Å². The van der Waals surface area contributed by atoms with Crippen LogP contribution in [0.3, 0.4) is 0 Å². The van der Waals surface area contributed by atoms with E-state index in [9.17, 15) is 9.59 Å². The van der Waals surface area contributed by atoms with Crippen LogP contribution in [0.4, 0.5) is 0 Å². The zero-order valence-electron chi connectivity index (χ0n) is 8.16. The summed E-state index contributed by atoms with van der Waals surface area (Å²) in [4.78, 5) is 25.7. The van der Waals surface area contributed by atoms with Gasteiger partial charge in [0.2, 0.25) is 5.96 Å². The molecule has 0 aliphatic carbocycles. The number of guanidine groups is 1. The van der Waals surface area contributed by atoms with E-state index in [-0.39, 0.29) is 5.96 Å². The topological polar surface area (TPSA) is 70.6 Å². The Balaban J connectivity index is 2.02. The van der Waals surface area contributed by atoms with Crippen molar-refractivity contribution in [3.63, 3.8) is 0 Å². The number of carbonyl (C=O) groups excluding carboxylic acids is 2. The molecule has 2 N–H and O–H groups in total. The quantitative estimate of drug-likeness (QED) is 0.778. The molecule has 1 aliphatic heterocycles. The van der Waals surface area contributed by atoms with E-state index in [1.54, 1.807) is 0 Å². The minimum Gasteiger partial charge on any atom is -0.288 e. The predicted molar refractivity (Wildman–Crippen MR) is 61.6 cm³/mol. The Morgan fingerprint density at radius 3 is 2.19 bits per heavy atom. The SMILES string of the molecule is O=C1NC(=NCc2ccc(Br)cc2)NC1=O. The summed E-state index contributed by atoms with van der Waals surface area (Å²) in [6, 6.07) is 7.63. The second kappa shape index (κ2) is 4.44. The van der Waals surface area contributed by atoms with Crippen molar-refractivity contribution in [1.29, 1.82) is 0 Å². The van der Waals surface area contributed by atoms with Gasteiger partial charge in [-0.2, -0.15) is 0 Å². The number of hydrogen-bond donors (Lipinski definition) is 2. The Morgan fingerprint density at radius 1 is 1.06 bits per heavy atom. The lowest BCUT2D eigenvalue weighted by molar-refractivity contribution is -0.135. The first-order valence-electron chi connectivity index (χ1n) is 4.56. The molecule has 6 heteroatoms. The first-order valence-corrected chi connectivity index (χ1v) is 5.35. The number of benzene rings is 1. The number of nitrogens with one attached hydrogen (secondary N) is 2. The smallest absolute Gasteiger partial charge is 0.288 e. The van der Waals surface area contributed by atoms with E-state index in [1.807, 2.05) is 24.3 Å². The van der Waals surface area contributed by atoms with Crippen LogP contribution in [0.15, 0.2) is 33.7 Å². The number of aliphatic imine (C=N–C) groups is 1. The third-order valence-corrected chi connectivity index (χ3v) is 2.53. The Bertz CT molecular complexity index is 449. The number of carbonyl (C=O) groups is 2. The van der Waals surface area contributed by atoms with E-state index in [1.165, 1.54) is 0 Å². The second-order valence-electron chi connectivity index (χ2n) is 3.20. The largest absolute Gasteiger partial charge is 0.316 e. The van der Waals surface area contributed by atoms with Crippen molar-refractivity contribution in [2.24, 2.45) is 4.99 Å². The Morgan fingerprint density at radius 2 is 1.62 bits per heavy atom. The van der Waals surface area contributed by atoms with Crippen LogP contribution in [0.1, 0.15) is 5.56 Å². The number of halogens is 1. The molecule has 1 heterocycles. The summed E-state index contributed by atoms with van der Waals surface area (Å²) in [6.45, 7) is 0.406. The molecule has 0 bridgehead atoms. The van der Waals surface area contributed by atoms with Gasteiger partial charge < -0.3 is 0 Å². The molecule has 82 valence electrons. The molecule has 1 saturated heterocycles. The van der Waals surface area contributed by atoms with E-state index in [0.717, 1.165) is 10.0 Å². The van der Waals surface area contributed by atoms with Crippen molar-refractivity contribution in [2.45, 2.75) is 6.54 Å². The Kier molecular flexibility index (Phi) is 3.00. The molecule has 0 atom stereocenters. The van der Waals surface area contributed by atoms with Crippen LogP contribution in [0.25, 0.3) is 0 Å².